The number of hydrogen-bond acceptors (Lipinski definition) is 10. The number of halogens is 2. The summed E-state index contributed by atoms with van der Waals surface area (Å²) >= 11 is 0. The number of β-amino-alcohol motifs (C(OH)–C–C–N with tert-alkyl or cyclic N) is 1. The SMILES string of the molecule is Cc1cc(Nc2nccn3c(-c4ccc(OCC#N)c(F)c4F)cnc23)ccc1C(=O)NC[C@H](N)CNC(=O)[C@@H]1C[C@@H](O)CN1. The van der Waals surface area contributed by atoms with Gasteiger partial charge in [-0.15, -0.1) is 0 Å². The van der Waals surface area contributed by atoms with Crippen molar-refractivity contribution < 1.29 is 28.2 Å². The number of ether oxygens (including phenoxy) is 1. The third kappa shape index (κ3) is 6.99. The van der Waals surface area contributed by atoms with Crippen LogP contribution in [0.2, 0.25) is 0 Å². The topological polar surface area (TPSA) is 192 Å². The smallest absolute Gasteiger partial charge is 0.251 e. The molecule has 45 heavy (non-hydrogen) atoms. The molecular weight excluding hydrogens is 588 g/mol. The van der Waals surface area contributed by atoms with Crippen molar-refractivity contribution in [3.8, 4) is 23.1 Å². The Morgan fingerprint density at radius 2 is 2.02 bits per heavy atom. The van der Waals surface area contributed by atoms with Gasteiger partial charge in [0.1, 0.15) is 6.07 Å². The highest BCUT2D eigenvalue weighted by molar-refractivity contribution is 5.96. The lowest BCUT2D eigenvalue weighted by molar-refractivity contribution is -0.123. The molecule has 0 spiro atoms. The summed E-state index contributed by atoms with van der Waals surface area (Å²) in [5.41, 5.74) is 8.33. The zero-order valence-corrected chi connectivity index (χ0v) is 24.2. The van der Waals surface area contributed by atoms with E-state index in [0.29, 0.717) is 41.2 Å². The number of anilines is 2. The number of nitrogens with zero attached hydrogens (tertiary/aromatic N) is 4. The van der Waals surface area contributed by atoms with Gasteiger partial charge in [0, 0.05) is 54.9 Å². The summed E-state index contributed by atoms with van der Waals surface area (Å²) in [5.74, 6) is -2.97. The Morgan fingerprint density at radius 1 is 1.22 bits per heavy atom. The lowest BCUT2D eigenvalue weighted by Crippen LogP contribution is -2.48. The number of imidazole rings is 1. The lowest BCUT2D eigenvalue weighted by Gasteiger charge is -2.17. The van der Waals surface area contributed by atoms with Crippen LogP contribution in [-0.2, 0) is 4.79 Å². The van der Waals surface area contributed by atoms with Crippen molar-refractivity contribution >= 4 is 29.0 Å². The van der Waals surface area contributed by atoms with E-state index in [2.05, 4.69) is 31.2 Å². The Balaban J connectivity index is 1.22. The molecule has 2 amide bonds. The number of aromatic nitrogens is 3. The number of amides is 2. The minimum Gasteiger partial charge on any atom is -0.476 e. The second-order valence-corrected chi connectivity index (χ2v) is 10.5. The molecule has 2 aromatic heterocycles. The number of nitriles is 1. The average molecular weight is 620 g/mol. The van der Waals surface area contributed by atoms with Crippen LogP contribution in [-0.4, -0.2) is 75.7 Å². The van der Waals surface area contributed by atoms with Gasteiger partial charge in [-0.1, -0.05) is 0 Å². The predicted molar refractivity (Wildman–Crippen MR) is 160 cm³/mol. The number of aliphatic hydroxyl groups is 1. The third-order valence-electron chi connectivity index (χ3n) is 7.26. The molecule has 4 aromatic rings. The molecule has 3 heterocycles. The number of fused-ring (bicyclic) bond motifs is 1. The number of rotatable bonds is 11. The van der Waals surface area contributed by atoms with Gasteiger partial charge in [0.2, 0.25) is 11.7 Å². The molecule has 0 unspecified atom stereocenters. The van der Waals surface area contributed by atoms with Gasteiger partial charge < -0.3 is 36.8 Å². The highest BCUT2D eigenvalue weighted by Crippen LogP contribution is 2.32. The number of benzene rings is 2. The monoisotopic (exact) mass is 619 g/mol. The Labute approximate surface area is 256 Å². The lowest BCUT2D eigenvalue weighted by atomic mass is 10.1. The zero-order chi connectivity index (χ0) is 32.1. The van der Waals surface area contributed by atoms with E-state index in [9.17, 15) is 23.5 Å². The second kappa shape index (κ2) is 13.6. The Bertz CT molecular complexity index is 1770. The Morgan fingerprint density at radius 3 is 2.76 bits per heavy atom. The highest BCUT2D eigenvalue weighted by atomic mass is 19.2. The summed E-state index contributed by atoms with van der Waals surface area (Å²) in [7, 11) is 0. The van der Waals surface area contributed by atoms with Crippen LogP contribution in [0.3, 0.4) is 0 Å². The first-order valence-electron chi connectivity index (χ1n) is 14.1. The van der Waals surface area contributed by atoms with Crippen molar-refractivity contribution in [3.63, 3.8) is 0 Å². The third-order valence-corrected chi connectivity index (χ3v) is 7.26. The molecule has 1 aliphatic heterocycles. The van der Waals surface area contributed by atoms with Gasteiger partial charge in [-0.2, -0.15) is 9.65 Å². The van der Waals surface area contributed by atoms with E-state index in [1.807, 2.05) is 0 Å². The van der Waals surface area contributed by atoms with Crippen molar-refractivity contribution in [1.82, 2.24) is 30.3 Å². The van der Waals surface area contributed by atoms with E-state index in [1.165, 1.54) is 24.5 Å². The van der Waals surface area contributed by atoms with Crippen molar-refractivity contribution in [1.29, 1.82) is 5.26 Å². The maximum Gasteiger partial charge on any atom is 0.251 e. The van der Waals surface area contributed by atoms with E-state index in [-0.39, 0.29) is 41.9 Å². The van der Waals surface area contributed by atoms with E-state index >= 15 is 0 Å². The number of nitrogens with two attached hydrogens (primary N) is 1. The number of carbonyl (C=O) groups is 2. The molecule has 0 radical (unpaired) electrons. The number of aliphatic hydroxyl groups excluding tert-OH is 1. The van der Waals surface area contributed by atoms with Crippen LogP contribution in [0, 0.1) is 29.9 Å². The fourth-order valence-electron chi connectivity index (χ4n) is 4.95. The van der Waals surface area contributed by atoms with Gasteiger partial charge in [0.25, 0.3) is 5.91 Å². The molecule has 0 aliphatic carbocycles. The standard InChI is InChI=1S/C30H31F2N9O4/c1-16-10-18(2-3-20(16)29(43)38-12-17(34)13-39-30(44)22-11-19(42)14-36-22)40-27-28-37-15-23(41(28)8-7-35-27)21-4-5-24(45-9-6-33)26(32)25(21)31/h2-5,7-8,10,15,17,19,22,36,42H,9,11-14,34H2,1H3,(H,35,40)(H,38,43)(H,39,44)/t17-,19+,22-/m0/s1. The van der Waals surface area contributed by atoms with Gasteiger partial charge in [-0.25, -0.2) is 14.4 Å². The van der Waals surface area contributed by atoms with Crippen LogP contribution < -0.4 is 31.7 Å². The second-order valence-electron chi connectivity index (χ2n) is 10.5. The van der Waals surface area contributed by atoms with Gasteiger partial charge in [-0.3, -0.25) is 14.0 Å². The summed E-state index contributed by atoms with van der Waals surface area (Å²) < 4.78 is 36.0. The highest BCUT2D eigenvalue weighted by Gasteiger charge is 2.28. The molecule has 2 aromatic carbocycles. The summed E-state index contributed by atoms with van der Waals surface area (Å²) in [5, 5.41) is 29.8. The predicted octanol–water partition coefficient (Wildman–Crippen LogP) is 1.52. The van der Waals surface area contributed by atoms with Gasteiger partial charge in [0.05, 0.1) is 24.0 Å². The van der Waals surface area contributed by atoms with Crippen molar-refractivity contribution in [2.24, 2.45) is 5.73 Å². The molecule has 0 bridgehead atoms. The van der Waals surface area contributed by atoms with Gasteiger partial charge >= 0.3 is 0 Å². The van der Waals surface area contributed by atoms with E-state index in [4.69, 9.17) is 15.7 Å². The van der Waals surface area contributed by atoms with E-state index in [1.54, 1.807) is 41.8 Å². The Hall–Kier alpha value is -5.17. The minimum atomic E-state index is -1.21. The normalized spacial score (nSPS) is 16.6. The van der Waals surface area contributed by atoms with Gasteiger partial charge in [0.15, 0.2) is 29.6 Å². The Kier molecular flexibility index (Phi) is 9.48. The summed E-state index contributed by atoms with van der Waals surface area (Å²) in [6, 6.07) is 8.41. The fourth-order valence-corrected chi connectivity index (χ4v) is 4.95. The van der Waals surface area contributed by atoms with Crippen LogP contribution in [0.1, 0.15) is 22.3 Å². The van der Waals surface area contributed by atoms with Crippen LogP contribution in [0.15, 0.2) is 48.9 Å². The molecular formula is C30H31F2N9O4. The molecule has 0 saturated carbocycles. The molecule has 1 saturated heterocycles. The van der Waals surface area contributed by atoms with Crippen molar-refractivity contribution in [3.05, 3.63) is 71.7 Å². The maximum absolute atomic E-state index is 14.9. The maximum atomic E-state index is 14.9. The number of nitrogens with one attached hydrogen (secondary N) is 4. The molecule has 15 heteroatoms. The van der Waals surface area contributed by atoms with Crippen LogP contribution in [0.5, 0.6) is 5.75 Å². The van der Waals surface area contributed by atoms with E-state index < -0.39 is 36.4 Å². The number of carbonyl (C=O) groups excluding carboxylic acids is 2. The summed E-state index contributed by atoms with van der Waals surface area (Å²) in [4.78, 5) is 33.7. The molecule has 5 rings (SSSR count). The van der Waals surface area contributed by atoms with Crippen molar-refractivity contribution in [2.45, 2.75) is 31.5 Å². The molecule has 1 fully saturated rings. The zero-order valence-electron chi connectivity index (χ0n) is 24.2. The molecule has 7 N–H and O–H groups in total. The first-order chi connectivity index (χ1) is 21.7. The summed E-state index contributed by atoms with van der Waals surface area (Å²) in [6.45, 7) is 2.01. The van der Waals surface area contributed by atoms with Crippen LogP contribution in [0.25, 0.3) is 16.9 Å². The van der Waals surface area contributed by atoms with Crippen molar-refractivity contribution in [2.75, 3.05) is 31.6 Å². The first kappa shape index (κ1) is 31.3. The quantitative estimate of drug-likeness (QED) is 0.143. The first-order valence-corrected chi connectivity index (χ1v) is 14.1. The van der Waals surface area contributed by atoms with Crippen LogP contribution >= 0.6 is 0 Å². The average Bonchev–Trinajstić information content (AvgIpc) is 3.66. The minimum absolute atomic E-state index is 0.0552. The molecule has 1 aliphatic rings. The van der Waals surface area contributed by atoms with Gasteiger partial charge in [-0.05, 0) is 49.2 Å². The number of hydrogen-bond donors (Lipinski definition) is 6. The fraction of sp³-hybridized carbons (Fsp3) is 0.300. The molecule has 3 atom stereocenters. The number of aryl methyl sites for hydroxylation is 1. The summed E-state index contributed by atoms with van der Waals surface area (Å²) in [6.07, 6.45) is 4.22. The van der Waals surface area contributed by atoms with Crippen LogP contribution in [0.4, 0.5) is 20.3 Å². The molecule has 234 valence electrons. The molecule has 13 nitrogen and oxygen atoms in total. The largest absolute Gasteiger partial charge is 0.476 e. The van der Waals surface area contributed by atoms with E-state index in [0.717, 1.165) is 0 Å².